The average molecular weight is 424 g/mol. The molecule has 1 aromatic carbocycles. The molecule has 3 aromatic rings. The lowest BCUT2D eigenvalue weighted by molar-refractivity contribution is 0.0531. The van der Waals surface area contributed by atoms with Crippen LogP contribution in [0.3, 0.4) is 0 Å². The summed E-state index contributed by atoms with van der Waals surface area (Å²) in [5.74, 6) is 1.10. The maximum Gasteiger partial charge on any atom is 0.350 e. The molecule has 2 aromatic heterocycles. The third kappa shape index (κ3) is 4.91. The van der Waals surface area contributed by atoms with Crippen molar-refractivity contribution in [3.05, 3.63) is 28.8 Å². The Hall–Kier alpha value is -1.84. The summed E-state index contributed by atoms with van der Waals surface area (Å²) in [5.41, 5.74) is 1.68. The van der Waals surface area contributed by atoms with E-state index in [1.54, 1.807) is 30.0 Å². The van der Waals surface area contributed by atoms with Gasteiger partial charge in [0, 0.05) is 12.3 Å². The molecule has 0 saturated heterocycles. The number of carbonyl (C=O) groups is 1. The smallest absolute Gasteiger partial charge is 0.350 e. The van der Waals surface area contributed by atoms with Gasteiger partial charge in [0.25, 0.3) is 0 Å². The molecule has 144 valence electrons. The first-order chi connectivity index (χ1) is 13.1. The number of esters is 1. The largest absolute Gasteiger partial charge is 0.494 e. The van der Waals surface area contributed by atoms with Crippen LogP contribution >= 0.6 is 34.4 Å². The van der Waals surface area contributed by atoms with Gasteiger partial charge in [-0.15, -0.1) is 11.3 Å². The standard InChI is InChI=1S/C18H21N3O3S3/c1-4-19-17-20-13(15(27-17)16(22)24-6-3)10-25-18-21-12-8-7-11(23-5-2)9-14(12)26-18/h7-9H,4-6,10H2,1-3H3,(H,19,20). The molecule has 0 aliphatic rings. The molecule has 2 heterocycles. The average Bonchev–Trinajstić information content (AvgIpc) is 3.24. The molecule has 1 N–H and O–H groups in total. The summed E-state index contributed by atoms with van der Waals surface area (Å²) in [7, 11) is 0. The van der Waals surface area contributed by atoms with Crippen LogP contribution in [-0.4, -0.2) is 35.7 Å². The zero-order chi connectivity index (χ0) is 19.2. The number of ether oxygens (including phenoxy) is 2. The van der Waals surface area contributed by atoms with Gasteiger partial charge in [0.05, 0.1) is 29.1 Å². The van der Waals surface area contributed by atoms with Crippen LogP contribution in [0.25, 0.3) is 10.2 Å². The number of rotatable bonds is 9. The number of nitrogens with one attached hydrogen (secondary N) is 1. The van der Waals surface area contributed by atoms with Gasteiger partial charge in [-0.1, -0.05) is 23.1 Å². The van der Waals surface area contributed by atoms with Gasteiger partial charge in [-0.05, 0) is 39.0 Å². The van der Waals surface area contributed by atoms with Crippen molar-refractivity contribution in [1.82, 2.24) is 9.97 Å². The minimum atomic E-state index is -0.319. The van der Waals surface area contributed by atoms with Crippen LogP contribution in [0.4, 0.5) is 5.13 Å². The Kier molecular flexibility index (Phi) is 6.92. The van der Waals surface area contributed by atoms with E-state index in [4.69, 9.17) is 9.47 Å². The summed E-state index contributed by atoms with van der Waals surface area (Å²) >= 11 is 4.52. The Morgan fingerprint density at radius 2 is 2.04 bits per heavy atom. The van der Waals surface area contributed by atoms with Crippen LogP contribution in [0.1, 0.15) is 36.1 Å². The molecule has 0 saturated carbocycles. The molecule has 0 spiro atoms. The van der Waals surface area contributed by atoms with Gasteiger partial charge in [-0.3, -0.25) is 0 Å². The number of fused-ring (bicyclic) bond motifs is 1. The van der Waals surface area contributed by atoms with Crippen LogP contribution in [0.5, 0.6) is 5.75 Å². The highest BCUT2D eigenvalue weighted by Crippen LogP contribution is 2.35. The monoisotopic (exact) mass is 423 g/mol. The molecular formula is C18H21N3O3S3. The van der Waals surface area contributed by atoms with E-state index in [2.05, 4.69) is 15.3 Å². The summed E-state index contributed by atoms with van der Waals surface area (Å²) in [6, 6.07) is 5.91. The molecule has 0 aliphatic heterocycles. The highest BCUT2D eigenvalue weighted by Gasteiger charge is 2.20. The van der Waals surface area contributed by atoms with E-state index in [1.165, 1.54) is 11.3 Å². The maximum absolute atomic E-state index is 12.2. The molecular weight excluding hydrogens is 402 g/mol. The SMILES string of the molecule is CCNc1nc(CSc2nc3ccc(OCC)cc3s2)c(C(=O)OCC)s1. The summed E-state index contributed by atoms with van der Waals surface area (Å²) in [5, 5.41) is 3.90. The molecule has 0 aliphatic carbocycles. The van der Waals surface area contributed by atoms with E-state index < -0.39 is 0 Å². The van der Waals surface area contributed by atoms with Crippen molar-refractivity contribution in [3.8, 4) is 5.75 Å². The molecule has 9 heteroatoms. The number of benzene rings is 1. The summed E-state index contributed by atoms with van der Waals surface area (Å²) in [4.78, 5) is 22.0. The molecule has 0 radical (unpaired) electrons. The van der Waals surface area contributed by atoms with Gasteiger partial charge in [-0.2, -0.15) is 0 Å². The van der Waals surface area contributed by atoms with Crippen LogP contribution < -0.4 is 10.1 Å². The van der Waals surface area contributed by atoms with Crippen LogP contribution in [0.15, 0.2) is 22.5 Å². The third-order valence-electron chi connectivity index (χ3n) is 3.47. The quantitative estimate of drug-likeness (QED) is 0.381. The second kappa shape index (κ2) is 9.38. The zero-order valence-corrected chi connectivity index (χ0v) is 17.9. The fourth-order valence-corrected chi connectivity index (χ4v) is 5.44. The third-order valence-corrected chi connectivity index (χ3v) is 6.68. The normalized spacial score (nSPS) is 10.9. The van der Waals surface area contributed by atoms with Crippen molar-refractivity contribution in [2.75, 3.05) is 25.1 Å². The molecule has 0 amide bonds. The number of thioether (sulfide) groups is 1. The number of anilines is 1. The Labute approximate surface area is 170 Å². The van der Waals surface area contributed by atoms with Crippen molar-refractivity contribution in [3.63, 3.8) is 0 Å². The minimum absolute atomic E-state index is 0.319. The summed E-state index contributed by atoms with van der Waals surface area (Å²) < 4.78 is 12.7. The Morgan fingerprint density at radius 3 is 2.78 bits per heavy atom. The predicted molar refractivity (Wildman–Crippen MR) is 113 cm³/mol. The molecule has 0 fully saturated rings. The van der Waals surface area contributed by atoms with Gasteiger partial charge < -0.3 is 14.8 Å². The van der Waals surface area contributed by atoms with E-state index in [0.29, 0.717) is 23.8 Å². The first kappa shape index (κ1) is 19.9. The topological polar surface area (TPSA) is 73.3 Å². The van der Waals surface area contributed by atoms with Crippen LogP contribution in [0, 0.1) is 0 Å². The fourth-order valence-electron chi connectivity index (χ4n) is 2.36. The van der Waals surface area contributed by atoms with E-state index >= 15 is 0 Å². The molecule has 27 heavy (non-hydrogen) atoms. The lowest BCUT2D eigenvalue weighted by Gasteiger charge is -2.00. The van der Waals surface area contributed by atoms with Crippen molar-refractivity contribution in [1.29, 1.82) is 0 Å². The molecule has 6 nitrogen and oxygen atoms in total. The van der Waals surface area contributed by atoms with Gasteiger partial charge in [-0.25, -0.2) is 14.8 Å². The number of hydrogen-bond acceptors (Lipinski definition) is 9. The number of aromatic nitrogens is 2. The number of hydrogen-bond donors (Lipinski definition) is 1. The van der Waals surface area contributed by atoms with E-state index in [9.17, 15) is 4.79 Å². The van der Waals surface area contributed by atoms with Crippen LogP contribution in [-0.2, 0) is 10.5 Å². The van der Waals surface area contributed by atoms with Gasteiger partial charge in [0.2, 0.25) is 0 Å². The summed E-state index contributed by atoms with van der Waals surface area (Å²) in [6.45, 7) is 7.51. The number of thiazole rings is 2. The molecule has 0 atom stereocenters. The molecule has 0 unspecified atom stereocenters. The highest BCUT2D eigenvalue weighted by atomic mass is 32.2. The second-order valence-corrected chi connectivity index (χ2v) is 8.63. The lowest BCUT2D eigenvalue weighted by atomic mass is 10.3. The van der Waals surface area contributed by atoms with Crippen molar-refractivity contribution in [2.24, 2.45) is 0 Å². The second-order valence-electron chi connectivity index (χ2n) is 5.38. The Morgan fingerprint density at radius 1 is 1.19 bits per heavy atom. The lowest BCUT2D eigenvalue weighted by Crippen LogP contribution is -2.05. The van der Waals surface area contributed by atoms with Gasteiger partial charge >= 0.3 is 5.97 Å². The minimum Gasteiger partial charge on any atom is -0.494 e. The van der Waals surface area contributed by atoms with Crippen molar-refractivity contribution in [2.45, 2.75) is 30.9 Å². The predicted octanol–water partition coefficient (Wildman–Crippen LogP) is 5.05. The van der Waals surface area contributed by atoms with E-state index in [0.717, 1.165) is 37.7 Å². The van der Waals surface area contributed by atoms with Crippen molar-refractivity contribution < 1.29 is 14.3 Å². The Bertz CT molecular complexity index is 923. The highest BCUT2D eigenvalue weighted by molar-refractivity contribution is 8.00. The summed E-state index contributed by atoms with van der Waals surface area (Å²) in [6.07, 6.45) is 0. The van der Waals surface area contributed by atoms with E-state index in [-0.39, 0.29) is 5.97 Å². The van der Waals surface area contributed by atoms with Crippen molar-refractivity contribution >= 4 is 55.8 Å². The molecule has 0 bridgehead atoms. The maximum atomic E-state index is 12.2. The van der Waals surface area contributed by atoms with Gasteiger partial charge in [0.15, 0.2) is 9.47 Å². The number of carbonyl (C=O) groups excluding carboxylic acids is 1. The Balaban J connectivity index is 1.77. The van der Waals surface area contributed by atoms with Gasteiger partial charge in [0.1, 0.15) is 10.6 Å². The first-order valence-electron chi connectivity index (χ1n) is 8.71. The first-order valence-corrected chi connectivity index (χ1v) is 11.3. The van der Waals surface area contributed by atoms with E-state index in [1.807, 2.05) is 32.0 Å². The van der Waals surface area contributed by atoms with Crippen LogP contribution in [0.2, 0.25) is 0 Å². The zero-order valence-electron chi connectivity index (χ0n) is 15.4. The fraction of sp³-hybridized carbons (Fsp3) is 0.389. The number of nitrogens with zero attached hydrogens (tertiary/aromatic N) is 2. The molecule has 3 rings (SSSR count).